The molecule has 0 fully saturated rings. The number of halogens is 1. The van der Waals surface area contributed by atoms with Gasteiger partial charge in [-0.1, -0.05) is 23.7 Å². The minimum Gasteiger partial charge on any atom is -0.469 e. The standard InChI is InChI=1S/C13H17ClN2O3/c1-8(15)13(18)16-11(7-12(17)19-2)9-3-5-10(14)6-4-9/h3-6,8,11H,7,15H2,1-2H3,(H,16,18)/t8-,11+/m1/s1. The van der Waals surface area contributed by atoms with Crippen LogP contribution < -0.4 is 11.1 Å². The average molecular weight is 285 g/mol. The Morgan fingerprint density at radius 1 is 1.37 bits per heavy atom. The molecule has 0 heterocycles. The van der Waals surface area contributed by atoms with Gasteiger partial charge in [0.15, 0.2) is 0 Å². The van der Waals surface area contributed by atoms with Crippen molar-refractivity contribution in [2.75, 3.05) is 7.11 Å². The lowest BCUT2D eigenvalue weighted by atomic mass is 10.0. The van der Waals surface area contributed by atoms with Crippen LogP contribution in [0.4, 0.5) is 0 Å². The van der Waals surface area contributed by atoms with Crippen LogP contribution in [-0.2, 0) is 14.3 Å². The summed E-state index contributed by atoms with van der Waals surface area (Å²) in [6.45, 7) is 1.58. The highest BCUT2D eigenvalue weighted by atomic mass is 35.5. The van der Waals surface area contributed by atoms with E-state index >= 15 is 0 Å². The third-order valence-electron chi connectivity index (χ3n) is 2.60. The molecular formula is C13H17ClN2O3. The maximum Gasteiger partial charge on any atom is 0.307 e. The van der Waals surface area contributed by atoms with E-state index in [2.05, 4.69) is 10.1 Å². The van der Waals surface area contributed by atoms with E-state index in [9.17, 15) is 9.59 Å². The first-order valence-electron chi connectivity index (χ1n) is 5.82. The van der Waals surface area contributed by atoms with Crippen LogP contribution in [0.15, 0.2) is 24.3 Å². The third-order valence-corrected chi connectivity index (χ3v) is 2.85. The Bertz CT molecular complexity index is 446. The fraction of sp³-hybridized carbons (Fsp3) is 0.385. The first-order valence-corrected chi connectivity index (χ1v) is 6.20. The Kier molecular flexibility index (Phi) is 5.79. The molecule has 19 heavy (non-hydrogen) atoms. The molecule has 6 heteroatoms. The van der Waals surface area contributed by atoms with Gasteiger partial charge in [-0.15, -0.1) is 0 Å². The Balaban J connectivity index is 2.88. The minimum absolute atomic E-state index is 0.0383. The summed E-state index contributed by atoms with van der Waals surface area (Å²) in [5.41, 5.74) is 6.27. The molecule has 0 spiro atoms. The Hall–Kier alpha value is -1.59. The molecule has 0 saturated heterocycles. The number of ether oxygens (including phenoxy) is 1. The van der Waals surface area contributed by atoms with Gasteiger partial charge in [0.25, 0.3) is 0 Å². The molecule has 0 bridgehead atoms. The van der Waals surface area contributed by atoms with Crippen molar-refractivity contribution < 1.29 is 14.3 Å². The normalized spacial score (nSPS) is 13.5. The first kappa shape index (κ1) is 15.5. The van der Waals surface area contributed by atoms with E-state index in [1.165, 1.54) is 7.11 Å². The summed E-state index contributed by atoms with van der Waals surface area (Å²) in [6.07, 6.45) is 0.0383. The number of esters is 1. The molecular weight excluding hydrogens is 268 g/mol. The molecule has 0 aliphatic rings. The van der Waals surface area contributed by atoms with Gasteiger partial charge in [-0.05, 0) is 24.6 Å². The van der Waals surface area contributed by atoms with Crippen molar-refractivity contribution in [3.63, 3.8) is 0 Å². The van der Waals surface area contributed by atoms with E-state index in [4.69, 9.17) is 17.3 Å². The highest BCUT2D eigenvalue weighted by Crippen LogP contribution is 2.20. The number of methoxy groups -OCH3 is 1. The third kappa shape index (κ3) is 4.89. The molecule has 0 saturated carbocycles. The molecule has 0 aliphatic heterocycles. The molecule has 0 unspecified atom stereocenters. The number of carbonyl (C=O) groups is 2. The fourth-order valence-electron chi connectivity index (χ4n) is 1.50. The molecule has 104 valence electrons. The molecule has 3 N–H and O–H groups in total. The van der Waals surface area contributed by atoms with Gasteiger partial charge in [-0.3, -0.25) is 9.59 Å². The zero-order valence-electron chi connectivity index (χ0n) is 10.9. The number of rotatable bonds is 5. The van der Waals surface area contributed by atoms with Crippen LogP contribution in [0.25, 0.3) is 0 Å². The minimum atomic E-state index is -0.646. The highest BCUT2D eigenvalue weighted by molar-refractivity contribution is 6.30. The van der Waals surface area contributed by atoms with Crippen molar-refractivity contribution in [2.24, 2.45) is 5.73 Å². The van der Waals surface area contributed by atoms with Gasteiger partial charge < -0.3 is 15.8 Å². The summed E-state index contributed by atoms with van der Waals surface area (Å²) in [5.74, 6) is -0.742. The van der Waals surface area contributed by atoms with E-state index in [1.54, 1.807) is 31.2 Å². The Morgan fingerprint density at radius 2 is 1.95 bits per heavy atom. The molecule has 1 aromatic carbocycles. The van der Waals surface area contributed by atoms with Crippen LogP contribution in [0, 0.1) is 0 Å². The lowest BCUT2D eigenvalue weighted by Crippen LogP contribution is -2.41. The average Bonchev–Trinajstić information content (AvgIpc) is 2.38. The van der Waals surface area contributed by atoms with Gasteiger partial charge in [0, 0.05) is 5.02 Å². The topological polar surface area (TPSA) is 81.4 Å². The number of hydrogen-bond acceptors (Lipinski definition) is 4. The fourth-order valence-corrected chi connectivity index (χ4v) is 1.63. The highest BCUT2D eigenvalue weighted by Gasteiger charge is 2.20. The monoisotopic (exact) mass is 284 g/mol. The predicted molar refractivity (Wildman–Crippen MR) is 72.6 cm³/mol. The van der Waals surface area contributed by atoms with Crippen molar-refractivity contribution in [3.8, 4) is 0 Å². The Labute approximate surface area is 117 Å². The second kappa shape index (κ2) is 7.11. The van der Waals surface area contributed by atoms with Crippen LogP contribution in [0.5, 0.6) is 0 Å². The zero-order chi connectivity index (χ0) is 14.4. The van der Waals surface area contributed by atoms with Crippen molar-refractivity contribution in [1.82, 2.24) is 5.32 Å². The smallest absolute Gasteiger partial charge is 0.307 e. The summed E-state index contributed by atoms with van der Waals surface area (Å²) >= 11 is 5.81. The van der Waals surface area contributed by atoms with E-state index < -0.39 is 18.1 Å². The number of amides is 1. The SMILES string of the molecule is COC(=O)C[C@H](NC(=O)[C@@H](C)N)c1ccc(Cl)cc1. The van der Waals surface area contributed by atoms with E-state index in [0.29, 0.717) is 5.02 Å². The maximum atomic E-state index is 11.6. The summed E-state index contributed by atoms with van der Waals surface area (Å²) in [6, 6.07) is 5.75. The van der Waals surface area contributed by atoms with Crippen LogP contribution >= 0.6 is 11.6 Å². The number of nitrogens with one attached hydrogen (secondary N) is 1. The van der Waals surface area contributed by atoms with Crippen molar-refractivity contribution >= 4 is 23.5 Å². The maximum absolute atomic E-state index is 11.6. The molecule has 0 radical (unpaired) electrons. The summed E-state index contributed by atoms with van der Waals surface area (Å²) in [4.78, 5) is 23.0. The molecule has 2 atom stereocenters. The lowest BCUT2D eigenvalue weighted by molar-refractivity contribution is -0.141. The van der Waals surface area contributed by atoms with E-state index in [-0.39, 0.29) is 12.3 Å². The number of benzene rings is 1. The van der Waals surface area contributed by atoms with Gasteiger partial charge in [0.05, 0.1) is 25.6 Å². The summed E-state index contributed by atoms with van der Waals surface area (Å²) in [7, 11) is 1.30. The van der Waals surface area contributed by atoms with Crippen LogP contribution in [0.2, 0.25) is 5.02 Å². The number of carbonyl (C=O) groups excluding carboxylic acids is 2. The molecule has 1 amide bonds. The summed E-state index contributed by atoms with van der Waals surface area (Å²) in [5, 5.41) is 3.29. The van der Waals surface area contributed by atoms with Crippen molar-refractivity contribution in [2.45, 2.75) is 25.4 Å². The van der Waals surface area contributed by atoms with Gasteiger partial charge in [0.1, 0.15) is 0 Å². The van der Waals surface area contributed by atoms with Crippen LogP contribution in [0.3, 0.4) is 0 Å². The van der Waals surface area contributed by atoms with E-state index in [0.717, 1.165) is 5.56 Å². The number of nitrogens with two attached hydrogens (primary N) is 1. The molecule has 1 rings (SSSR count). The first-order chi connectivity index (χ1) is 8.93. The second-order valence-electron chi connectivity index (χ2n) is 4.18. The van der Waals surface area contributed by atoms with Crippen LogP contribution in [0.1, 0.15) is 24.9 Å². The molecule has 0 aromatic heterocycles. The van der Waals surface area contributed by atoms with Crippen molar-refractivity contribution in [3.05, 3.63) is 34.9 Å². The molecule has 5 nitrogen and oxygen atoms in total. The van der Waals surface area contributed by atoms with Gasteiger partial charge in [-0.2, -0.15) is 0 Å². The van der Waals surface area contributed by atoms with Crippen LogP contribution in [-0.4, -0.2) is 25.0 Å². The van der Waals surface area contributed by atoms with Crippen molar-refractivity contribution in [1.29, 1.82) is 0 Å². The Morgan fingerprint density at radius 3 is 2.42 bits per heavy atom. The second-order valence-corrected chi connectivity index (χ2v) is 4.62. The predicted octanol–water partition coefficient (Wildman–Crippen LogP) is 1.41. The van der Waals surface area contributed by atoms with E-state index in [1.807, 2.05) is 0 Å². The molecule has 1 aromatic rings. The zero-order valence-corrected chi connectivity index (χ0v) is 11.6. The number of hydrogen-bond donors (Lipinski definition) is 2. The summed E-state index contributed by atoms with van der Waals surface area (Å²) < 4.78 is 4.62. The van der Waals surface area contributed by atoms with Gasteiger partial charge in [0.2, 0.25) is 5.91 Å². The van der Waals surface area contributed by atoms with Gasteiger partial charge in [-0.25, -0.2) is 0 Å². The largest absolute Gasteiger partial charge is 0.469 e. The van der Waals surface area contributed by atoms with Gasteiger partial charge >= 0.3 is 5.97 Å². The molecule has 0 aliphatic carbocycles. The lowest BCUT2D eigenvalue weighted by Gasteiger charge is -2.19. The quantitative estimate of drug-likeness (QED) is 0.801.